The zero-order valence-corrected chi connectivity index (χ0v) is 10.2. The largest absolute Gasteiger partial charge is 0.273 e. The monoisotopic (exact) mass is 238 g/mol. The molecule has 4 heteroatoms. The fourth-order valence-corrected chi connectivity index (χ4v) is 1.38. The van der Waals surface area contributed by atoms with Gasteiger partial charge in [0, 0.05) is 11.4 Å². The molecule has 1 N–H and O–H groups in total. The summed E-state index contributed by atoms with van der Waals surface area (Å²) in [6.07, 6.45) is 2.05. The molecule has 0 fully saturated rings. The third-order valence-electron chi connectivity index (χ3n) is 1.85. The minimum Gasteiger partial charge on any atom is -0.273 e. The van der Waals surface area contributed by atoms with Crippen LogP contribution in [0.4, 0.5) is 0 Å². The van der Waals surface area contributed by atoms with Crippen molar-refractivity contribution >= 4 is 23.7 Å². The molecule has 86 valence electrons. The van der Waals surface area contributed by atoms with E-state index in [1.54, 1.807) is 18.3 Å². The SMILES string of the molecule is CC(C)CC(=O)N/N=C\c1cccc(Cl)c1. The Kier molecular flexibility index (Phi) is 4.99. The minimum atomic E-state index is -0.0757. The van der Waals surface area contributed by atoms with Gasteiger partial charge in [-0.3, -0.25) is 4.79 Å². The molecule has 3 nitrogen and oxygen atoms in total. The number of carbonyl (C=O) groups is 1. The minimum absolute atomic E-state index is 0.0757. The second-order valence-corrected chi connectivity index (χ2v) is 4.38. The maximum absolute atomic E-state index is 11.3. The van der Waals surface area contributed by atoms with Crippen LogP contribution in [0.15, 0.2) is 29.4 Å². The lowest BCUT2D eigenvalue weighted by Crippen LogP contribution is -2.19. The van der Waals surface area contributed by atoms with E-state index in [1.165, 1.54) is 0 Å². The molecule has 0 aliphatic carbocycles. The van der Waals surface area contributed by atoms with Gasteiger partial charge in [0.15, 0.2) is 0 Å². The van der Waals surface area contributed by atoms with Crippen LogP contribution in [0.25, 0.3) is 0 Å². The number of nitrogens with one attached hydrogen (secondary N) is 1. The lowest BCUT2D eigenvalue weighted by Gasteiger charge is -2.01. The molecule has 0 atom stereocenters. The summed E-state index contributed by atoms with van der Waals surface area (Å²) in [7, 11) is 0. The predicted molar refractivity (Wildman–Crippen MR) is 66.6 cm³/mol. The molecule has 16 heavy (non-hydrogen) atoms. The van der Waals surface area contributed by atoms with E-state index in [4.69, 9.17) is 11.6 Å². The van der Waals surface area contributed by atoms with Crippen LogP contribution in [0.5, 0.6) is 0 Å². The van der Waals surface area contributed by atoms with Gasteiger partial charge in [-0.2, -0.15) is 5.10 Å². The van der Waals surface area contributed by atoms with Crippen LogP contribution in [0.1, 0.15) is 25.8 Å². The molecule has 1 aromatic rings. The Morgan fingerprint density at radius 3 is 2.94 bits per heavy atom. The maximum Gasteiger partial charge on any atom is 0.240 e. The van der Waals surface area contributed by atoms with Gasteiger partial charge in [-0.1, -0.05) is 37.6 Å². The third kappa shape index (κ3) is 4.94. The van der Waals surface area contributed by atoms with Crippen LogP contribution in [0.2, 0.25) is 5.02 Å². The summed E-state index contributed by atoms with van der Waals surface area (Å²) in [6.45, 7) is 3.97. The number of hydrogen-bond acceptors (Lipinski definition) is 2. The summed E-state index contributed by atoms with van der Waals surface area (Å²) >= 11 is 5.81. The highest BCUT2D eigenvalue weighted by molar-refractivity contribution is 6.30. The molecular formula is C12H15ClN2O. The second-order valence-electron chi connectivity index (χ2n) is 3.95. The number of nitrogens with zero attached hydrogens (tertiary/aromatic N) is 1. The number of carbonyl (C=O) groups excluding carboxylic acids is 1. The number of rotatable bonds is 4. The van der Waals surface area contributed by atoms with E-state index in [-0.39, 0.29) is 5.91 Å². The Morgan fingerprint density at radius 2 is 2.31 bits per heavy atom. The van der Waals surface area contributed by atoms with E-state index in [9.17, 15) is 4.79 Å². The topological polar surface area (TPSA) is 41.5 Å². The van der Waals surface area contributed by atoms with E-state index in [0.717, 1.165) is 5.56 Å². The molecule has 1 rings (SSSR count). The second kappa shape index (κ2) is 6.28. The van der Waals surface area contributed by atoms with Gasteiger partial charge in [-0.15, -0.1) is 0 Å². The van der Waals surface area contributed by atoms with Gasteiger partial charge < -0.3 is 0 Å². The number of halogens is 1. The Balaban J connectivity index is 2.46. The smallest absolute Gasteiger partial charge is 0.240 e. The van der Waals surface area contributed by atoms with E-state index < -0.39 is 0 Å². The summed E-state index contributed by atoms with van der Waals surface area (Å²) < 4.78 is 0. The van der Waals surface area contributed by atoms with Crippen LogP contribution in [-0.2, 0) is 4.79 Å². The van der Waals surface area contributed by atoms with Crippen LogP contribution in [0, 0.1) is 5.92 Å². The van der Waals surface area contributed by atoms with Crippen molar-refractivity contribution in [3.8, 4) is 0 Å². The lowest BCUT2D eigenvalue weighted by atomic mass is 10.1. The first kappa shape index (κ1) is 12.7. The molecule has 0 bridgehead atoms. The summed E-state index contributed by atoms with van der Waals surface area (Å²) in [4.78, 5) is 11.3. The van der Waals surface area contributed by atoms with Crippen molar-refractivity contribution in [2.24, 2.45) is 11.0 Å². The van der Waals surface area contributed by atoms with Crippen molar-refractivity contribution in [1.82, 2.24) is 5.43 Å². The maximum atomic E-state index is 11.3. The first-order valence-electron chi connectivity index (χ1n) is 5.15. The first-order valence-corrected chi connectivity index (χ1v) is 5.53. The quantitative estimate of drug-likeness (QED) is 0.636. The molecule has 0 saturated carbocycles. The molecular weight excluding hydrogens is 224 g/mol. The van der Waals surface area contributed by atoms with Crippen LogP contribution < -0.4 is 5.43 Å². The van der Waals surface area contributed by atoms with Crippen molar-refractivity contribution in [2.75, 3.05) is 0 Å². The Bertz CT molecular complexity index is 388. The molecule has 0 aliphatic heterocycles. The standard InChI is InChI=1S/C12H15ClN2O/c1-9(2)6-12(16)15-14-8-10-4-3-5-11(13)7-10/h3-5,7-9H,6H2,1-2H3,(H,15,16)/b14-8-. The summed E-state index contributed by atoms with van der Waals surface area (Å²) in [6, 6.07) is 7.26. The van der Waals surface area contributed by atoms with Crippen LogP contribution in [-0.4, -0.2) is 12.1 Å². The molecule has 0 unspecified atom stereocenters. The average molecular weight is 239 g/mol. The van der Waals surface area contributed by atoms with E-state index in [0.29, 0.717) is 17.4 Å². The molecule has 0 aliphatic rings. The van der Waals surface area contributed by atoms with E-state index in [1.807, 2.05) is 26.0 Å². The summed E-state index contributed by atoms with van der Waals surface area (Å²) in [5.41, 5.74) is 3.33. The van der Waals surface area contributed by atoms with Gasteiger partial charge >= 0.3 is 0 Å². The Labute approximate surface area is 101 Å². The van der Waals surface area contributed by atoms with Crippen molar-refractivity contribution in [1.29, 1.82) is 0 Å². The van der Waals surface area contributed by atoms with E-state index in [2.05, 4.69) is 10.5 Å². The van der Waals surface area contributed by atoms with Gasteiger partial charge in [0.05, 0.1) is 6.21 Å². The van der Waals surface area contributed by atoms with Crippen LogP contribution >= 0.6 is 11.6 Å². The molecule has 0 radical (unpaired) electrons. The van der Waals surface area contributed by atoms with Gasteiger partial charge in [0.1, 0.15) is 0 Å². The fourth-order valence-electron chi connectivity index (χ4n) is 1.18. The molecule has 1 amide bonds. The number of amides is 1. The lowest BCUT2D eigenvalue weighted by molar-refractivity contribution is -0.121. The zero-order valence-electron chi connectivity index (χ0n) is 9.40. The van der Waals surface area contributed by atoms with E-state index >= 15 is 0 Å². The third-order valence-corrected chi connectivity index (χ3v) is 2.08. The van der Waals surface area contributed by atoms with Crippen molar-refractivity contribution in [2.45, 2.75) is 20.3 Å². The molecule has 0 heterocycles. The summed E-state index contributed by atoms with van der Waals surface area (Å²) in [5, 5.41) is 4.50. The van der Waals surface area contributed by atoms with Gasteiger partial charge in [0.2, 0.25) is 5.91 Å². The molecule has 0 aromatic heterocycles. The van der Waals surface area contributed by atoms with Gasteiger partial charge in [-0.05, 0) is 23.6 Å². The zero-order chi connectivity index (χ0) is 12.0. The highest BCUT2D eigenvalue weighted by Gasteiger charge is 2.02. The Morgan fingerprint density at radius 1 is 1.56 bits per heavy atom. The molecule has 0 saturated heterocycles. The van der Waals surface area contributed by atoms with Crippen molar-refractivity contribution in [3.63, 3.8) is 0 Å². The molecule has 1 aromatic carbocycles. The van der Waals surface area contributed by atoms with Crippen molar-refractivity contribution in [3.05, 3.63) is 34.9 Å². The highest BCUT2D eigenvalue weighted by Crippen LogP contribution is 2.08. The number of hydrazone groups is 1. The Hall–Kier alpha value is -1.35. The number of hydrogen-bond donors (Lipinski definition) is 1. The average Bonchev–Trinajstić information content (AvgIpc) is 2.16. The highest BCUT2D eigenvalue weighted by atomic mass is 35.5. The van der Waals surface area contributed by atoms with Crippen molar-refractivity contribution < 1.29 is 4.79 Å². The fraction of sp³-hybridized carbons (Fsp3) is 0.333. The van der Waals surface area contributed by atoms with Gasteiger partial charge in [0.25, 0.3) is 0 Å². The number of benzene rings is 1. The normalized spacial score (nSPS) is 11.0. The molecule has 0 spiro atoms. The van der Waals surface area contributed by atoms with Crippen LogP contribution in [0.3, 0.4) is 0 Å². The first-order chi connectivity index (χ1) is 7.58. The van der Waals surface area contributed by atoms with Gasteiger partial charge in [-0.25, -0.2) is 5.43 Å². The predicted octanol–water partition coefficient (Wildman–Crippen LogP) is 2.84. The summed E-state index contributed by atoms with van der Waals surface area (Å²) in [5.74, 6) is 0.259.